The molecule has 1 rings (SSSR count). The first-order chi connectivity index (χ1) is 7.34. The van der Waals surface area contributed by atoms with Crippen molar-refractivity contribution in [1.29, 1.82) is 0 Å². The third-order valence-corrected chi connectivity index (χ3v) is 2.54. The minimum atomic E-state index is -0.981. The van der Waals surface area contributed by atoms with Crippen molar-refractivity contribution in [1.82, 2.24) is 10.0 Å². The van der Waals surface area contributed by atoms with Crippen molar-refractivity contribution < 1.29 is 19.5 Å². The van der Waals surface area contributed by atoms with Crippen LogP contribution < -0.4 is 0 Å². The summed E-state index contributed by atoms with van der Waals surface area (Å²) in [4.78, 5) is 33.9. The third-order valence-electron chi connectivity index (χ3n) is 2.54. The first kappa shape index (κ1) is 12.5. The van der Waals surface area contributed by atoms with Gasteiger partial charge >= 0.3 is 5.97 Å². The standard InChI is InChI=1S/C10H16N2O4/c1-6(2)9(14)12-5-8(10(15)16)4-11(12)7(3)13/h6,8H,4-5H2,1-3H3,(H,15,16). The Balaban J connectivity index is 2.85. The second-order valence-corrected chi connectivity index (χ2v) is 4.21. The molecule has 0 spiro atoms. The highest BCUT2D eigenvalue weighted by atomic mass is 16.4. The molecule has 1 aliphatic heterocycles. The fraction of sp³-hybridized carbons (Fsp3) is 0.700. The van der Waals surface area contributed by atoms with E-state index in [9.17, 15) is 14.4 Å². The van der Waals surface area contributed by atoms with E-state index in [1.807, 2.05) is 0 Å². The number of nitrogens with zero attached hydrogens (tertiary/aromatic N) is 2. The molecule has 1 aliphatic rings. The van der Waals surface area contributed by atoms with Crippen molar-refractivity contribution in [2.24, 2.45) is 11.8 Å². The molecule has 0 bridgehead atoms. The van der Waals surface area contributed by atoms with E-state index in [-0.39, 0.29) is 30.8 Å². The lowest BCUT2D eigenvalue weighted by atomic mass is 10.1. The van der Waals surface area contributed by atoms with Crippen molar-refractivity contribution in [3.8, 4) is 0 Å². The quantitative estimate of drug-likeness (QED) is 0.718. The molecule has 1 unspecified atom stereocenters. The van der Waals surface area contributed by atoms with Gasteiger partial charge in [-0.25, -0.2) is 0 Å². The Morgan fingerprint density at radius 2 is 1.69 bits per heavy atom. The van der Waals surface area contributed by atoms with Crippen molar-refractivity contribution in [2.75, 3.05) is 13.1 Å². The average Bonchev–Trinajstić information content (AvgIpc) is 2.60. The van der Waals surface area contributed by atoms with Crippen LogP contribution in [0.2, 0.25) is 0 Å². The summed E-state index contributed by atoms with van der Waals surface area (Å²) in [5, 5.41) is 11.3. The van der Waals surface area contributed by atoms with E-state index in [4.69, 9.17) is 5.11 Å². The molecule has 90 valence electrons. The van der Waals surface area contributed by atoms with Gasteiger partial charge in [-0.1, -0.05) is 13.8 Å². The van der Waals surface area contributed by atoms with E-state index in [0.29, 0.717) is 0 Å². The maximum absolute atomic E-state index is 11.8. The summed E-state index contributed by atoms with van der Waals surface area (Å²) in [6.07, 6.45) is 0. The molecule has 1 heterocycles. The molecule has 6 nitrogen and oxygen atoms in total. The Kier molecular flexibility index (Phi) is 3.51. The second kappa shape index (κ2) is 4.51. The number of hydrazine groups is 1. The summed E-state index contributed by atoms with van der Waals surface area (Å²) in [6, 6.07) is 0. The number of hydrogen-bond acceptors (Lipinski definition) is 3. The Bertz CT molecular complexity index is 327. The van der Waals surface area contributed by atoms with Crippen LogP contribution in [0.1, 0.15) is 20.8 Å². The zero-order valence-electron chi connectivity index (χ0n) is 9.64. The van der Waals surface area contributed by atoms with Gasteiger partial charge in [-0.15, -0.1) is 0 Å². The molecular weight excluding hydrogens is 212 g/mol. The molecule has 6 heteroatoms. The first-order valence-corrected chi connectivity index (χ1v) is 5.16. The minimum Gasteiger partial charge on any atom is -0.481 e. The van der Waals surface area contributed by atoms with Crippen LogP contribution in [0.5, 0.6) is 0 Å². The molecule has 0 aliphatic carbocycles. The minimum absolute atomic E-state index is 0.0725. The Labute approximate surface area is 93.8 Å². The molecule has 0 radical (unpaired) electrons. The lowest BCUT2D eigenvalue weighted by Gasteiger charge is -2.27. The van der Waals surface area contributed by atoms with E-state index in [2.05, 4.69) is 0 Å². The molecule has 1 saturated heterocycles. The number of hydrogen-bond donors (Lipinski definition) is 1. The highest BCUT2D eigenvalue weighted by Gasteiger charge is 2.39. The maximum atomic E-state index is 11.8. The molecule has 0 saturated carbocycles. The van der Waals surface area contributed by atoms with E-state index in [1.165, 1.54) is 16.9 Å². The number of rotatable bonds is 2. The second-order valence-electron chi connectivity index (χ2n) is 4.21. The van der Waals surface area contributed by atoms with Crippen LogP contribution in [0.3, 0.4) is 0 Å². The lowest BCUT2D eigenvalue weighted by molar-refractivity contribution is -0.158. The maximum Gasteiger partial charge on any atom is 0.310 e. The summed E-state index contributed by atoms with van der Waals surface area (Å²) in [7, 11) is 0. The summed E-state index contributed by atoms with van der Waals surface area (Å²) < 4.78 is 0. The molecule has 2 amide bonds. The van der Waals surface area contributed by atoms with Gasteiger partial charge in [0.05, 0.1) is 19.0 Å². The van der Waals surface area contributed by atoms with Crippen LogP contribution in [-0.2, 0) is 14.4 Å². The topological polar surface area (TPSA) is 77.9 Å². The first-order valence-electron chi connectivity index (χ1n) is 5.16. The van der Waals surface area contributed by atoms with E-state index in [1.54, 1.807) is 13.8 Å². The highest BCUT2D eigenvalue weighted by molar-refractivity contribution is 5.84. The predicted molar refractivity (Wildman–Crippen MR) is 55.1 cm³/mol. The van der Waals surface area contributed by atoms with Crippen LogP contribution in [0.4, 0.5) is 0 Å². The van der Waals surface area contributed by atoms with Crippen molar-refractivity contribution >= 4 is 17.8 Å². The Morgan fingerprint density at radius 1 is 1.19 bits per heavy atom. The molecule has 1 N–H and O–H groups in total. The lowest BCUT2D eigenvalue weighted by Crippen LogP contribution is -2.45. The molecule has 16 heavy (non-hydrogen) atoms. The van der Waals surface area contributed by atoms with Gasteiger partial charge < -0.3 is 5.11 Å². The fourth-order valence-corrected chi connectivity index (χ4v) is 1.63. The average molecular weight is 228 g/mol. The Hall–Kier alpha value is -1.59. The van der Waals surface area contributed by atoms with Crippen molar-refractivity contribution in [3.63, 3.8) is 0 Å². The van der Waals surface area contributed by atoms with Crippen LogP contribution in [0.25, 0.3) is 0 Å². The third kappa shape index (κ3) is 2.32. The number of aliphatic carboxylic acids is 1. The molecule has 0 aromatic heterocycles. The smallest absolute Gasteiger partial charge is 0.310 e. The number of carboxylic acid groups (broad SMARTS) is 1. The van der Waals surface area contributed by atoms with Gasteiger partial charge in [0.1, 0.15) is 0 Å². The predicted octanol–water partition coefficient (Wildman–Crippen LogP) is -0.0511. The zero-order valence-corrected chi connectivity index (χ0v) is 9.64. The van der Waals surface area contributed by atoms with E-state index < -0.39 is 11.9 Å². The van der Waals surface area contributed by atoms with Crippen LogP contribution >= 0.6 is 0 Å². The summed E-state index contributed by atoms with van der Waals surface area (Å²) in [5.41, 5.74) is 0. The highest BCUT2D eigenvalue weighted by Crippen LogP contribution is 2.19. The summed E-state index contributed by atoms with van der Waals surface area (Å²) >= 11 is 0. The molecule has 1 atom stereocenters. The van der Waals surface area contributed by atoms with E-state index >= 15 is 0 Å². The largest absolute Gasteiger partial charge is 0.481 e. The van der Waals surface area contributed by atoms with E-state index in [0.717, 1.165) is 0 Å². The molecule has 1 fully saturated rings. The fourth-order valence-electron chi connectivity index (χ4n) is 1.63. The Morgan fingerprint density at radius 3 is 2.06 bits per heavy atom. The van der Waals surface area contributed by atoms with Gasteiger partial charge in [0.2, 0.25) is 11.8 Å². The number of carbonyl (C=O) groups excluding carboxylic acids is 2. The van der Waals surface area contributed by atoms with Crippen LogP contribution in [-0.4, -0.2) is 46.0 Å². The van der Waals surface area contributed by atoms with Gasteiger partial charge in [-0.3, -0.25) is 24.4 Å². The van der Waals surface area contributed by atoms with Gasteiger partial charge in [0.15, 0.2) is 0 Å². The van der Waals surface area contributed by atoms with Crippen molar-refractivity contribution in [2.45, 2.75) is 20.8 Å². The monoisotopic (exact) mass is 228 g/mol. The number of carboxylic acids is 1. The van der Waals surface area contributed by atoms with Gasteiger partial charge in [-0.2, -0.15) is 0 Å². The molecular formula is C10H16N2O4. The SMILES string of the molecule is CC(=O)N1CC(C(=O)O)CN1C(=O)C(C)C. The van der Waals surface area contributed by atoms with Gasteiger partial charge in [0.25, 0.3) is 0 Å². The number of amides is 2. The summed E-state index contributed by atoms with van der Waals surface area (Å²) in [6.45, 7) is 4.91. The summed E-state index contributed by atoms with van der Waals surface area (Å²) in [5.74, 6) is -2.46. The van der Waals surface area contributed by atoms with Gasteiger partial charge in [-0.05, 0) is 0 Å². The molecule has 0 aromatic carbocycles. The molecule has 0 aromatic rings. The van der Waals surface area contributed by atoms with Gasteiger partial charge in [0, 0.05) is 12.8 Å². The normalized spacial score (nSPS) is 20.4. The van der Waals surface area contributed by atoms with Crippen molar-refractivity contribution in [3.05, 3.63) is 0 Å². The number of carbonyl (C=O) groups is 3. The van der Waals surface area contributed by atoms with Crippen LogP contribution in [0.15, 0.2) is 0 Å². The van der Waals surface area contributed by atoms with Crippen LogP contribution in [0, 0.1) is 11.8 Å². The zero-order chi connectivity index (χ0) is 12.5.